The first-order valence-electron chi connectivity index (χ1n) is 9.64. The van der Waals surface area contributed by atoms with Crippen LogP contribution in [0.1, 0.15) is 17.3 Å². The number of amidine groups is 1. The zero-order valence-electron chi connectivity index (χ0n) is 17.5. The third-order valence-electron chi connectivity index (χ3n) is 3.59. The summed E-state index contributed by atoms with van der Waals surface area (Å²) in [6.45, 7) is -2.03. The van der Waals surface area contributed by atoms with E-state index in [9.17, 15) is 0 Å². The van der Waals surface area contributed by atoms with Crippen molar-refractivity contribution in [2.45, 2.75) is 6.92 Å². The highest BCUT2D eigenvalue weighted by Crippen LogP contribution is 2.39. The molecule has 114 valence electrons. The number of aliphatic imine (C=N–C) groups is 1. The molecule has 4 nitrogen and oxygen atoms in total. The number of hydrogen-bond donors (Lipinski definition) is 1. The van der Waals surface area contributed by atoms with Gasteiger partial charge in [-0.05, 0) is 32.1 Å². The first-order chi connectivity index (χ1) is 12.6. The molecule has 2 aliphatic heterocycles. The van der Waals surface area contributed by atoms with E-state index in [1.807, 2.05) is 25.1 Å². The Morgan fingerprint density at radius 2 is 2.09 bits per heavy atom. The number of fused-ring (bicyclic) bond motifs is 2. The van der Waals surface area contributed by atoms with Crippen LogP contribution in [-0.2, 0) is 0 Å². The first kappa shape index (κ1) is 9.33. The van der Waals surface area contributed by atoms with Gasteiger partial charge in [0.25, 0.3) is 0 Å². The second-order valence-corrected chi connectivity index (χ2v) is 6.61. The minimum absolute atomic E-state index is 0.0480. The minimum atomic E-state index is -1.98. The van der Waals surface area contributed by atoms with E-state index in [1.165, 1.54) is 11.3 Å². The molecule has 0 radical (unpaired) electrons. The fourth-order valence-electron chi connectivity index (χ4n) is 2.48. The standard InChI is InChI=1S/C17H20N4S/c1-12-11-13-16(21-9-7-20(2)8-10-21)18-14-5-3-4-6-15(14)19-17(13)22-12/h3-6,11,19H,7-10H2,1-2H3/i9D2,10D2,11D. The third kappa shape index (κ3) is 2.40. The fourth-order valence-corrected chi connectivity index (χ4v) is 3.35. The van der Waals surface area contributed by atoms with Crippen LogP contribution in [0.15, 0.2) is 35.3 Å². The van der Waals surface area contributed by atoms with E-state index in [1.54, 1.807) is 18.0 Å². The van der Waals surface area contributed by atoms with Gasteiger partial charge in [0.1, 0.15) is 10.8 Å². The normalized spacial score (nSPS) is 26.0. The molecule has 0 unspecified atom stereocenters. The number of para-hydroxylation sites is 2. The number of rotatable bonds is 0. The number of nitrogens with zero attached hydrogens (tertiary/aromatic N) is 3. The maximum absolute atomic E-state index is 8.53. The van der Waals surface area contributed by atoms with Crippen molar-refractivity contribution in [3.8, 4) is 0 Å². The fraction of sp³-hybridized carbons (Fsp3) is 0.353. The van der Waals surface area contributed by atoms with Crippen molar-refractivity contribution in [2.24, 2.45) is 4.99 Å². The lowest BCUT2D eigenvalue weighted by atomic mass is 10.2. The Morgan fingerprint density at radius 1 is 1.32 bits per heavy atom. The molecule has 22 heavy (non-hydrogen) atoms. The number of anilines is 2. The monoisotopic (exact) mass is 317 g/mol. The first-order valence-corrected chi connectivity index (χ1v) is 7.96. The molecule has 1 aromatic heterocycles. The zero-order valence-corrected chi connectivity index (χ0v) is 13.3. The van der Waals surface area contributed by atoms with Gasteiger partial charge < -0.3 is 15.1 Å². The average molecular weight is 317 g/mol. The van der Waals surface area contributed by atoms with E-state index >= 15 is 0 Å². The Kier molecular flexibility index (Phi) is 2.29. The van der Waals surface area contributed by atoms with Crippen LogP contribution in [0.2, 0.25) is 0 Å². The highest BCUT2D eigenvalue weighted by molar-refractivity contribution is 7.16. The Hall–Kier alpha value is -1.85. The summed E-state index contributed by atoms with van der Waals surface area (Å²) >= 11 is 1.40. The second kappa shape index (κ2) is 5.41. The van der Waals surface area contributed by atoms with E-state index < -0.39 is 13.0 Å². The van der Waals surface area contributed by atoms with Gasteiger partial charge in [-0.3, -0.25) is 0 Å². The van der Waals surface area contributed by atoms with Crippen LogP contribution >= 0.6 is 11.3 Å². The number of nitrogens with one attached hydrogen (secondary N) is 1. The number of piperazine rings is 1. The van der Waals surface area contributed by atoms with Crippen molar-refractivity contribution < 1.29 is 6.85 Å². The van der Waals surface area contributed by atoms with Crippen molar-refractivity contribution in [2.75, 3.05) is 38.4 Å². The Morgan fingerprint density at radius 3 is 2.91 bits per heavy atom. The van der Waals surface area contributed by atoms with Crippen molar-refractivity contribution in [3.63, 3.8) is 0 Å². The van der Waals surface area contributed by atoms with E-state index in [0.29, 0.717) is 16.3 Å². The van der Waals surface area contributed by atoms with Crippen molar-refractivity contribution in [1.29, 1.82) is 0 Å². The van der Waals surface area contributed by atoms with Gasteiger partial charge in [-0.1, -0.05) is 12.1 Å². The summed E-state index contributed by atoms with van der Waals surface area (Å²) in [7, 11) is 1.70. The van der Waals surface area contributed by atoms with Gasteiger partial charge in [-0.15, -0.1) is 11.3 Å². The van der Waals surface area contributed by atoms with Crippen LogP contribution < -0.4 is 5.32 Å². The lowest BCUT2D eigenvalue weighted by molar-refractivity contribution is 0.216. The predicted molar refractivity (Wildman–Crippen MR) is 94.0 cm³/mol. The summed E-state index contributed by atoms with van der Waals surface area (Å²) in [6.07, 6.45) is 0. The highest BCUT2D eigenvalue weighted by atomic mass is 32.1. The van der Waals surface area contributed by atoms with Crippen molar-refractivity contribution in [3.05, 3.63) is 40.7 Å². The second-order valence-electron chi connectivity index (χ2n) is 5.39. The lowest BCUT2D eigenvalue weighted by Gasteiger charge is -2.34. The molecule has 3 heterocycles. The molecule has 2 aliphatic rings. The molecule has 1 aromatic carbocycles. The number of aryl methyl sites for hydroxylation is 1. The Balaban J connectivity index is 1.99. The topological polar surface area (TPSA) is 30.9 Å². The quantitative estimate of drug-likeness (QED) is 0.807. The molecule has 5 heteroatoms. The maximum Gasteiger partial charge on any atom is 0.139 e. The molecule has 0 spiro atoms. The largest absolute Gasteiger partial charge is 0.353 e. The number of benzene rings is 1. The van der Waals surface area contributed by atoms with Crippen LogP contribution in [-0.4, -0.2) is 48.8 Å². The average Bonchev–Trinajstić information content (AvgIpc) is 2.71. The molecule has 0 aliphatic carbocycles. The molecule has 0 saturated carbocycles. The molecule has 1 N–H and O–H groups in total. The molecule has 0 bridgehead atoms. The third-order valence-corrected chi connectivity index (χ3v) is 4.51. The Bertz CT molecular complexity index is 921. The number of hydrogen-bond acceptors (Lipinski definition) is 5. The highest BCUT2D eigenvalue weighted by Gasteiger charge is 2.25. The van der Waals surface area contributed by atoms with Crippen LogP contribution in [0.25, 0.3) is 0 Å². The predicted octanol–water partition coefficient (Wildman–Crippen LogP) is 3.44. The Labute approximate surface area is 142 Å². The van der Waals surface area contributed by atoms with Gasteiger partial charge in [0, 0.05) is 31.0 Å². The van der Waals surface area contributed by atoms with Crippen LogP contribution in [0, 0.1) is 6.92 Å². The summed E-state index contributed by atoms with van der Waals surface area (Å²) in [5.41, 5.74) is 1.80. The van der Waals surface area contributed by atoms with Crippen LogP contribution in [0.5, 0.6) is 0 Å². The van der Waals surface area contributed by atoms with Gasteiger partial charge in [0.15, 0.2) is 0 Å². The van der Waals surface area contributed by atoms with Crippen LogP contribution in [0.4, 0.5) is 16.4 Å². The van der Waals surface area contributed by atoms with E-state index in [2.05, 4.69) is 10.3 Å². The molecular weight excluding hydrogens is 292 g/mol. The van der Waals surface area contributed by atoms with Gasteiger partial charge in [-0.25, -0.2) is 4.99 Å². The van der Waals surface area contributed by atoms with E-state index in [4.69, 9.17) is 6.85 Å². The summed E-state index contributed by atoms with van der Waals surface area (Å²) < 4.78 is 42.6. The van der Waals surface area contributed by atoms with Crippen molar-refractivity contribution in [1.82, 2.24) is 9.80 Å². The van der Waals surface area contributed by atoms with E-state index in [-0.39, 0.29) is 25.0 Å². The molecule has 0 atom stereocenters. The minimum Gasteiger partial charge on any atom is -0.353 e. The number of likely N-dealkylation sites (N-methyl/N-ethyl adjacent to an activating group) is 1. The maximum atomic E-state index is 8.53. The zero-order chi connectivity index (χ0) is 19.6. The molecule has 1 saturated heterocycles. The lowest BCUT2D eigenvalue weighted by Crippen LogP contribution is -2.47. The molecule has 2 aromatic rings. The van der Waals surface area contributed by atoms with Gasteiger partial charge >= 0.3 is 0 Å². The molecule has 0 amide bonds. The van der Waals surface area contributed by atoms with Crippen molar-refractivity contribution >= 4 is 33.5 Å². The SMILES string of the molecule is [2H]c1c(C)sc2c1C(N1C([2H])([2H])CN(C)CC1([2H])[2H])=Nc1ccccc1N2. The van der Waals surface area contributed by atoms with Crippen LogP contribution in [0.3, 0.4) is 0 Å². The molecule has 1 fully saturated rings. The smallest absolute Gasteiger partial charge is 0.139 e. The summed E-state index contributed by atoms with van der Waals surface area (Å²) in [6, 6.07) is 7.64. The summed E-state index contributed by atoms with van der Waals surface area (Å²) in [4.78, 5) is 8.19. The van der Waals surface area contributed by atoms with Gasteiger partial charge in [0.2, 0.25) is 0 Å². The molecule has 4 rings (SSSR count). The summed E-state index contributed by atoms with van der Waals surface area (Å²) in [5.74, 6) is 0.167. The van der Waals surface area contributed by atoms with Gasteiger partial charge in [-0.2, -0.15) is 0 Å². The van der Waals surface area contributed by atoms with E-state index in [0.717, 1.165) is 15.5 Å². The number of thiophene rings is 1. The van der Waals surface area contributed by atoms with Gasteiger partial charge in [0.05, 0.1) is 23.8 Å². The molecular formula is C17H20N4S. The summed E-state index contributed by atoms with van der Waals surface area (Å²) in [5, 5.41) is 3.99.